The minimum Gasteiger partial charge on any atom is -0.389 e. The Morgan fingerprint density at radius 1 is 1.39 bits per heavy atom. The minimum atomic E-state index is 0.483. The summed E-state index contributed by atoms with van der Waals surface area (Å²) in [5.74, 6) is 0. The molecule has 0 amide bonds. The fraction of sp³-hybridized carbons (Fsp3) is 0.667. The standard InChI is InChI=1S/C12H20N4S2/c1-3-4-9-10(11(13)17)18-12(14-9)16-7-5-15(2)6-8-16/h3-8H2,1-2H3,(H2,13,17). The van der Waals surface area contributed by atoms with E-state index < -0.39 is 0 Å². The second kappa shape index (κ2) is 5.95. The average Bonchev–Trinajstić information content (AvgIpc) is 2.75. The molecule has 2 N–H and O–H groups in total. The van der Waals surface area contributed by atoms with Gasteiger partial charge in [0.25, 0.3) is 0 Å². The van der Waals surface area contributed by atoms with Crippen LogP contribution in [0.15, 0.2) is 0 Å². The van der Waals surface area contributed by atoms with Gasteiger partial charge in [-0.25, -0.2) is 4.98 Å². The Morgan fingerprint density at radius 2 is 2.06 bits per heavy atom. The molecule has 6 heteroatoms. The van der Waals surface area contributed by atoms with Crippen molar-refractivity contribution >= 4 is 33.7 Å². The summed E-state index contributed by atoms with van der Waals surface area (Å²) in [6.07, 6.45) is 2.03. The topological polar surface area (TPSA) is 45.4 Å². The van der Waals surface area contributed by atoms with Gasteiger partial charge in [0.15, 0.2) is 5.13 Å². The minimum absolute atomic E-state index is 0.483. The first-order valence-electron chi connectivity index (χ1n) is 6.34. The van der Waals surface area contributed by atoms with Crippen LogP contribution in [0.3, 0.4) is 0 Å². The van der Waals surface area contributed by atoms with Gasteiger partial charge < -0.3 is 15.5 Å². The third kappa shape index (κ3) is 2.99. The van der Waals surface area contributed by atoms with Gasteiger partial charge in [-0.1, -0.05) is 36.9 Å². The molecule has 0 aromatic carbocycles. The maximum absolute atomic E-state index is 5.78. The van der Waals surface area contributed by atoms with Crippen LogP contribution in [0.4, 0.5) is 5.13 Å². The second-order valence-electron chi connectivity index (χ2n) is 4.68. The first kappa shape index (κ1) is 13.7. The van der Waals surface area contributed by atoms with Gasteiger partial charge in [0.05, 0.1) is 10.6 Å². The van der Waals surface area contributed by atoms with E-state index in [2.05, 4.69) is 23.8 Å². The molecule has 0 saturated carbocycles. The molecule has 100 valence electrons. The highest BCUT2D eigenvalue weighted by molar-refractivity contribution is 7.81. The van der Waals surface area contributed by atoms with Crippen LogP contribution in [-0.2, 0) is 6.42 Å². The lowest BCUT2D eigenvalue weighted by atomic mass is 10.2. The second-order valence-corrected chi connectivity index (χ2v) is 6.09. The zero-order valence-corrected chi connectivity index (χ0v) is 12.6. The Hall–Kier alpha value is -0.720. The molecule has 0 aliphatic carbocycles. The lowest BCUT2D eigenvalue weighted by Gasteiger charge is -2.32. The Labute approximate surface area is 118 Å². The Morgan fingerprint density at radius 3 is 2.61 bits per heavy atom. The third-order valence-electron chi connectivity index (χ3n) is 3.17. The van der Waals surface area contributed by atoms with E-state index in [9.17, 15) is 0 Å². The fourth-order valence-corrected chi connectivity index (χ4v) is 3.33. The summed E-state index contributed by atoms with van der Waals surface area (Å²) in [5.41, 5.74) is 6.86. The van der Waals surface area contributed by atoms with Crippen molar-refractivity contribution in [3.05, 3.63) is 10.6 Å². The maximum atomic E-state index is 5.78. The van der Waals surface area contributed by atoms with Gasteiger partial charge in [-0.2, -0.15) is 0 Å². The van der Waals surface area contributed by atoms with Crippen LogP contribution in [0.1, 0.15) is 23.9 Å². The van der Waals surface area contributed by atoms with Gasteiger partial charge in [0.1, 0.15) is 4.99 Å². The number of likely N-dealkylation sites (N-methyl/N-ethyl adjacent to an activating group) is 1. The van der Waals surface area contributed by atoms with Crippen LogP contribution < -0.4 is 10.6 Å². The van der Waals surface area contributed by atoms with Gasteiger partial charge in [-0.05, 0) is 13.5 Å². The summed E-state index contributed by atoms with van der Waals surface area (Å²) in [6, 6.07) is 0. The molecule has 1 saturated heterocycles. The smallest absolute Gasteiger partial charge is 0.186 e. The molecule has 1 aliphatic rings. The Balaban J connectivity index is 2.18. The van der Waals surface area contributed by atoms with Crippen LogP contribution in [0.5, 0.6) is 0 Å². The molecule has 1 aromatic heterocycles. The molecular weight excluding hydrogens is 264 g/mol. The highest BCUT2D eigenvalue weighted by atomic mass is 32.1. The summed E-state index contributed by atoms with van der Waals surface area (Å²) in [4.78, 5) is 10.9. The lowest BCUT2D eigenvalue weighted by molar-refractivity contribution is 0.312. The van der Waals surface area contributed by atoms with E-state index in [-0.39, 0.29) is 0 Å². The third-order valence-corrected chi connectivity index (χ3v) is 4.70. The summed E-state index contributed by atoms with van der Waals surface area (Å²) in [7, 11) is 2.15. The first-order chi connectivity index (χ1) is 8.61. The highest BCUT2D eigenvalue weighted by Gasteiger charge is 2.20. The number of aromatic nitrogens is 1. The fourth-order valence-electron chi connectivity index (χ4n) is 2.07. The lowest BCUT2D eigenvalue weighted by Crippen LogP contribution is -2.44. The van der Waals surface area contributed by atoms with E-state index in [4.69, 9.17) is 22.9 Å². The number of nitrogens with two attached hydrogens (primary N) is 1. The molecule has 2 rings (SSSR count). The van der Waals surface area contributed by atoms with Crippen LogP contribution in [0, 0.1) is 0 Å². The molecule has 0 bridgehead atoms. The Bertz CT molecular complexity index is 422. The molecule has 18 heavy (non-hydrogen) atoms. The van der Waals surface area contributed by atoms with Gasteiger partial charge in [0, 0.05) is 26.2 Å². The monoisotopic (exact) mass is 284 g/mol. The molecule has 1 aromatic rings. The number of nitrogens with zero attached hydrogens (tertiary/aromatic N) is 3. The molecule has 0 spiro atoms. The molecule has 4 nitrogen and oxygen atoms in total. The summed E-state index contributed by atoms with van der Waals surface area (Å²) in [6.45, 7) is 6.40. The average molecular weight is 284 g/mol. The maximum Gasteiger partial charge on any atom is 0.186 e. The molecule has 2 heterocycles. The predicted molar refractivity (Wildman–Crippen MR) is 81.7 cm³/mol. The number of thiocarbonyl (C=S) groups is 1. The van der Waals surface area contributed by atoms with Crippen LogP contribution in [-0.4, -0.2) is 48.1 Å². The summed E-state index contributed by atoms with van der Waals surface area (Å²) in [5, 5.41) is 1.08. The van der Waals surface area contributed by atoms with Crippen LogP contribution >= 0.6 is 23.6 Å². The van der Waals surface area contributed by atoms with E-state index in [1.807, 2.05) is 0 Å². The van der Waals surface area contributed by atoms with E-state index in [1.54, 1.807) is 11.3 Å². The normalized spacial score (nSPS) is 17.1. The van der Waals surface area contributed by atoms with Crippen LogP contribution in [0.25, 0.3) is 0 Å². The zero-order valence-electron chi connectivity index (χ0n) is 11.0. The zero-order chi connectivity index (χ0) is 13.1. The van der Waals surface area contributed by atoms with Gasteiger partial charge >= 0.3 is 0 Å². The van der Waals surface area contributed by atoms with Gasteiger partial charge in [-0.15, -0.1) is 0 Å². The largest absolute Gasteiger partial charge is 0.389 e. The molecule has 0 radical (unpaired) electrons. The van der Waals surface area contributed by atoms with Crippen molar-refractivity contribution < 1.29 is 0 Å². The molecule has 0 atom stereocenters. The van der Waals surface area contributed by atoms with Crippen molar-refractivity contribution in [2.24, 2.45) is 5.73 Å². The predicted octanol–water partition coefficient (Wildman–Crippen LogP) is 1.48. The van der Waals surface area contributed by atoms with E-state index in [0.717, 1.165) is 54.7 Å². The molecular formula is C12H20N4S2. The first-order valence-corrected chi connectivity index (χ1v) is 7.57. The van der Waals surface area contributed by atoms with Gasteiger partial charge in [-0.3, -0.25) is 0 Å². The quantitative estimate of drug-likeness (QED) is 0.849. The Kier molecular flexibility index (Phi) is 4.53. The molecule has 1 aliphatic heterocycles. The van der Waals surface area contributed by atoms with E-state index in [0.29, 0.717) is 4.99 Å². The SMILES string of the molecule is CCCc1nc(N2CCN(C)CC2)sc1C(N)=S. The highest BCUT2D eigenvalue weighted by Crippen LogP contribution is 2.28. The number of anilines is 1. The number of hydrogen-bond acceptors (Lipinski definition) is 5. The van der Waals surface area contributed by atoms with Crippen molar-refractivity contribution in [1.29, 1.82) is 0 Å². The number of aryl methyl sites for hydroxylation is 1. The number of rotatable bonds is 4. The van der Waals surface area contributed by atoms with Crippen molar-refractivity contribution in [1.82, 2.24) is 9.88 Å². The summed E-state index contributed by atoms with van der Waals surface area (Å²) >= 11 is 6.76. The van der Waals surface area contributed by atoms with Crippen LogP contribution in [0.2, 0.25) is 0 Å². The molecule has 1 fully saturated rings. The van der Waals surface area contributed by atoms with Crippen molar-refractivity contribution in [3.63, 3.8) is 0 Å². The van der Waals surface area contributed by atoms with E-state index in [1.165, 1.54) is 0 Å². The number of piperazine rings is 1. The molecule has 0 unspecified atom stereocenters. The van der Waals surface area contributed by atoms with E-state index >= 15 is 0 Å². The summed E-state index contributed by atoms with van der Waals surface area (Å²) < 4.78 is 0. The van der Waals surface area contributed by atoms with Gasteiger partial charge in [0.2, 0.25) is 0 Å². The van der Waals surface area contributed by atoms with Crippen molar-refractivity contribution in [2.75, 3.05) is 38.1 Å². The number of hydrogen-bond donors (Lipinski definition) is 1. The van der Waals surface area contributed by atoms with Crippen molar-refractivity contribution in [2.45, 2.75) is 19.8 Å². The number of thiazole rings is 1. The van der Waals surface area contributed by atoms with Crippen molar-refractivity contribution in [3.8, 4) is 0 Å².